The van der Waals surface area contributed by atoms with Gasteiger partial charge in [0, 0.05) is 44.0 Å². The summed E-state index contributed by atoms with van der Waals surface area (Å²) in [5.74, 6) is 0.738. The van der Waals surface area contributed by atoms with Gasteiger partial charge in [-0.3, -0.25) is 14.3 Å². The number of rotatable bonds is 7. The van der Waals surface area contributed by atoms with Gasteiger partial charge in [0.05, 0.1) is 18.3 Å². The minimum Gasteiger partial charge on any atom is -0.341 e. The molecule has 1 fully saturated rings. The maximum atomic E-state index is 12.4. The second-order valence-corrected chi connectivity index (χ2v) is 7.71. The first kappa shape index (κ1) is 19.9. The molecule has 4 rings (SSSR count). The van der Waals surface area contributed by atoms with Crippen molar-refractivity contribution in [2.45, 2.75) is 26.3 Å². The van der Waals surface area contributed by atoms with Gasteiger partial charge in [0.2, 0.25) is 12.3 Å². The van der Waals surface area contributed by atoms with E-state index in [1.54, 1.807) is 6.20 Å². The molecule has 1 aromatic carbocycles. The van der Waals surface area contributed by atoms with E-state index in [4.69, 9.17) is 0 Å². The summed E-state index contributed by atoms with van der Waals surface area (Å²) in [5.41, 5.74) is 3.88. The quantitative estimate of drug-likeness (QED) is 0.610. The normalized spacial score (nSPS) is 13.6. The lowest BCUT2D eigenvalue weighted by Crippen LogP contribution is -2.38. The fourth-order valence-corrected chi connectivity index (χ4v) is 3.84. The van der Waals surface area contributed by atoms with Gasteiger partial charge in [0.1, 0.15) is 5.82 Å². The van der Waals surface area contributed by atoms with Crippen molar-refractivity contribution in [3.05, 3.63) is 47.8 Å². The molecule has 0 aliphatic carbocycles. The van der Waals surface area contributed by atoms with Crippen LogP contribution in [0.4, 0.5) is 11.5 Å². The highest BCUT2D eigenvalue weighted by molar-refractivity contribution is 5.83. The Morgan fingerprint density at radius 3 is 2.83 bits per heavy atom. The van der Waals surface area contributed by atoms with Crippen LogP contribution in [-0.2, 0) is 23.2 Å². The number of hydrogen-bond acceptors (Lipinski definition) is 5. The van der Waals surface area contributed by atoms with Crippen LogP contribution in [0.2, 0.25) is 0 Å². The van der Waals surface area contributed by atoms with Crippen LogP contribution >= 0.6 is 0 Å². The second kappa shape index (κ2) is 8.52. The van der Waals surface area contributed by atoms with E-state index in [0.717, 1.165) is 65.9 Å². The van der Waals surface area contributed by atoms with Crippen molar-refractivity contribution in [2.24, 2.45) is 7.05 Å². The summed E-state index contributed by atoms with van der Waals surface area (Å²) in [6, 6.07) is 7.93. The molecule has 1 saturated heterocycles. The molecule has 2 aromatic heterocycles. The zero-order chi connectivity index (χ0) is 21.1. The monoisotopic (exact) mass is 406 g/mol. The SMILES string of the molecule is Cc1c(CN(C=O)CC(=O)N2CCCC2)ccnc1Nc1ccc2c(cnn2C)c1. The van der Waals surface area contributed by atoms with E-state index in [0.29, 0.717) is 6.54 Å². The maximum absolute atomic E-state index is 12.4. The number of carbonyl (C=O) groups is 2. The van der Waals surface area contributed by atoms with E-state index in [9.17, 15) is 9.59 Å². The molecule has 1 aliphatic rings. The topological polar surface area (TPSA) is 83.4 Å². The third-order valence-corrected chi connectivity index (χ3v) is 5.64. The Labute approximate surface area is 175 Å². The van der Waals surface area contributed by atoms with Crippen LogP contribution in [0.25, 0.3) is 10.9 Å². The number of likely N-dealkylation sites (tertiary alicyclic amines) is 1. The second-order valence-electron chi connectivity index (χ2n) is 7.71. The average molecular weight is 406 g/mol. The number of fused-ring (bicyclic) bond motifs is 1. The van der Waals surface area contributed by atoms with Crippen LogP contribution in [0.3, 0.4) is 0 Å². The number of anilines is 2. The number of hydrogen-bond donors (Lipinski definition) is 1. The van der Waals surface area contributed by atoms with E-state index >= 15 is 0 Å². The lowest BCUT2D eigenvalue weighted by Gasteiger charge is -2.22. The van der Waals surface area contributed by atoms with Gasteiger partial charge in [0.25, 0.3) is 0 Å². The highest BCUT2D eigenvalue weighted by Crippen LogP contribution is 2.24. The zero-order valence-corrected chi connectivity index (χ0v) is 17.3. The molecule has 1 aliphatic heterocycles. The van der Waals surface area contributed by atoms with Crippen LogP contribution in [0, 0.1) is 6.92 Å². The summed E-state index contributed by atoms with van der Waals surface area (Å²) in [4.78, 5) is 31.8. The van der Waals surface area contributed by atoms with E-state index < -0.39 is 0 Å². The molecule has 3 heterocycles. The van der Waals surface area contributed by atoms with Crippen molar-refractivity contribution in [1.29, 1.82) is 0 Å². The predicted octanol–water partition coefficient (Wildman–Crippen LogP) is 2.60. The van der Waals surface area contributed by atoms with E-state index in [2.05, 4.69) is 15.4 Å². The van der Waals surface area contributed by atoms with Crippen molar-refractivity contribution in [3.63, 3.8) is 0 Å². The molecule has 0 unspecified atom stereocenters. The minimum atomic E-state index is 0.00873. The molecule has 0 spiro atoms. The fraction of sp³-hybridized carbons (Fsp3) is 0.364. The van der Waals surface area contributed by atoms with Crippen LogP contribution in [-0.4, -0.2) is 56.5 Å². The van der Waals surface area contributed by atoms with Crippen LogP contribution in [0.5, 0.6) is 0 Å². The Kier molecular flexibility index (Phi) is 5.65. The first-order valence-corrected chi connectivity index (χ1v) is 10.2. The average Bonchev–Trinajstić information content (AvgIpc) is 3.41. The van der Waals surface area contributed by atoms with E-state index in [1.807, 2.05) is 54.0 Å². The van der Waals surface area contributed by atoms with Crippen LogP contribution in [0.15, 0.2) is 36.7 Å². The first-order chi connectivity index (χ1) is 14.5. The number of carbonyl (C=O) groups excluding carboxylic acids is 2. The van der Waals surface area contributed by atoms with Crippen molar-refractivity contribution < 1.29 is 9.59 Å². The van der Waals surface area contributed by atoms with Crippen LogP contribution < -0.4 is 5.32 Å². The maximum Gasteiger partial charge on any atom is 0.242 e. The number of pyridine rings is 1. The fourth-order valence-electron chi connectivity index (χ4n) is 3.84. The lowest BCUT2D eigenvalue weighted by molar-refractivity contribution is -0.135. The van der Waals surface area contributed by atoms with Gasteiger partial charge in [-0.15, -0.1) is 0 Å². The molecular weight excluding hydrogens is 380 g/mol. The van der Waals surface area contributed by atoms with Crippen molar-refractivity contribution in [3.8, 4) is 0 Å². The summed E-state index contributed by atoms with van der Waals surface area (Å²) in [6.45, 7) is 4.02. The smallest absolute Gasteiger partial charge is 0.242 e. The molecule has 8 nitrogen and oxygen atoms in total. The van der Waals surface area contributed by atoms with Crippen molar-refractivity contribution in [2.75, 3.05) is 25.0 Å². The molecule has 30 heavy (non-hydrogen) atoms. The predicted molar refractivity (Wildman–Crippen MR) is 115 cm³/mol. The summed E-state index contributed by atoms with van der Waals surface area (Å²) >= 11 is 0. The van der Waals surface area contributed by atoms with Gasteiger partial charge in [-0.1, -0.05) is 0 Å². The summed E-state index contributed by atoms with van der Waals surface area (Å²) in [7, 11) is 1.91. The summed E-state index contributed by atoms with van der Waals surface area (Å²) in [5, 5.41) is 8.68. The Bertz CT molecular complexity index is 1070. The third kappa shape index (κ3) is 4.12. The Morgan fingerprint density at radius 2 is 2.07 bits per heavy atom. The number of amides is 2. The molecular formula is C22H26N6O2. The molecule has 0 bridgehead atoms. The largest absolute Gasteiger partial charge is 0.341 e. The number of nitrogens with zero attached hydrogens (tertiary/aromatic N) is 5. The summed E-state index contributed by atoms with van der Waals surface area (Å²) < 4.78 is 1.83. The minimum absolute atomic E-state index is 0.00873. The number of aryl methyl sites for hydroxylation is 1. The number of aromatic nitrogens is 3. The summed E-state index contributed by atoms with van der Waals surface area (Å²) in [6.07, 6.45) is 6.37. The van der Waals surface area contributed by atoms with Crippen LogP contribution in [0.1, 0.15) is 24.0 Å². The lowest BCUT2D eigenvalue weighted by atomic mass is 10.1. The van der Waals surface area contributed by atoms with Gasteiger partial charge in [0.15, 0.2) is 0 Å². The van der Waals surface area contributed by atoms with Crippen molar-refractivity contribution in [1.82, 2.24) is 24.6 Å². The standard InChI is InChI=1S/C22H26N6O2/c1-16-17(13-27(15-29)14-21(30)28-9-3-4-10-28)7-8-23-22(16)25-19-5-6-20-18(11-19)12-24-26(20)2/h5-8,11-12,15H,3-4,9-10,13-14H2,1-2H3,(H,23,25). The molecule has 156 valence electrons. The molecule has 0 radical (unpaired) electrons. The molecule has 8 heteroatoms. The number of benzene rings is 1. The third-order valence-electron chi connectivity index (χ3n) is 5.64. The Hall–Kier alpha value is -3.42. The first-order valence-electron chi connectivity index (χ1n) is 10.2. The molecule has 2 amide bonds. The Balaban J connectivity index is 1.48. The van der Waals surface area contributed by atoms with Gasteiger partial charge >= 0.3 is 0 Å². The number of nitrogens with one attached hydrogen (secondary N) is 1. The molecule has 0 saturated carbocycles. The highest BCUT2D eigenvalue weighted by Gasteiger charge is 2.20. The van der Waals surface area contributed by atoms with E-state index in [1.165, 1.54) is 4.90 Å². The molecule has 3 aromatic rings. The van der Waals surface area contributed by atoms with Gasteiger partial charge in [-0.2, -0.15) is 5.10 Å². The molecule has 0 atom stereocenters. The van der Waals surface area contributed by atoms with E-state index in [-0.39, 0.29) is 12.5 Å². The van der Waals surface area contributed by atoms with Gasteiger partial charge in [-0.05, 0) is 55.2 Å². The Morgan fingerprint density at radius 1 is 1.27 bits per heavy atom. The molecule has 1 N–H and O–H groups in total. The highest BCUT2D eigenvalue weighted by atomic mass is 16.2. The van der Waals surface area contributed by atoms with Crippen molar-refractivity contribution >= 4 is 34.7 Å². The van der Waals surface area contributed by atoms with Gasteiger partial charge < -0.3 is 15.1 Å². The van der Waals surface area contributed by atoms with Gasteiger partial charge in [-0.25, -0.2) is 4.98 Å². The zero-order valence-electron chi connectivity index (χ0n) is 17.3.